The van der Waals surface area contributed by atoms with Crippen LogP contribution >= 0.6 is 0 Å². The normalized spacial score (nSPS) is 10.8. The summed E-state index contributed by atoms with van der Waals surface area (Å²) in [5.41, 5.74) is 1.90. The highest BCUT2D eigenvalue weighted by atomic mass is 16.5. The molecule has 0 aliphatic heterocycles. The zero-order valence-electron chi connectivity index (χ0n) is 10.9. The molecule has 0 N–H and O–H groups in total. The third-order valence-corrected chi connectivity index (χ3v) is 2.72. The second-order valence-electron chi connectivity index (χ2n) is 3.99. The van der Waals surface area contributed by atoms with Crippen LogP contribution in [0.25, 0.3) is 17.0 Å². The van der Waals surface area contributed by atoms with E-state index in [4.69, 9.17) is 4.74 Å². The molecule has 0 aliphatic rings. The fourth-order valence-electron chi connectivity index (χ4n) is 1.72. The summed E-state index contributed by atoms with van der Waals surface area (Å²) in [6.45, 7) is 0. The Kier molecular flexibility index (Phi) is 4.13. The molecule has 0 bridgehead atoms. The Balaban J connectivity index is 2.20. The van der Waals surface area contributed by atoms with Gasteiger partial charge in [-0.25, -0.2) is 4.98 Å². The Bertz CT molecular complexity index is 620. The van der Waals surface area contributed by atoms with E-state index in [0.717, 1.165) is 16.5 Å². The van der Waals surface area contributed by atoms with Crippen molar-refractivity contribution >= 4 is 22.9 Å². The molecule has 0 amide bonds. The summed E-state index contributed by atoms with van der Waals surface area (Å²) in [4.78, 5) is 15.3. The van der Waals surface area contributed by atoms with Crippen molar-refractivity contribution in [2.75, 3.05) is 14.2 Å². The third kappa shape index (κ3) is 3.31. The molecule has 19 heavy (non-hydrogen) atoms. The minimum Gasteiger partial charge on any atom is -0.481 e. The number of hydrogen-bond donors (Lipinski definition) is 0. The van der Waals surface area contributed by atoms with E-state index in [1.807, 2.05) is 36.4 Å². The van der Waals surface area contributed by atoms with Gasteiger partial charge in [0.15, 0.2) is 0 Å². The van der Waals surface area contributed by atoms with Crippen LogP contribution in [0.3, 0.4) is 0 Å². The summed E-state index contributed by atoms with van der Waals surface area (Å²) >= 11 is 0. The number of carbonyl (C=O) groups excluding carboxylic acids is 1. The molecule has 0 atom stereocenters. The van der Waals surface area contributed by atoms with Gasteiger partial charge in [0.2, 0.25) is 5.88 Å². The van der Waals surface area contributed by atoms with E-state index in [2.05, 4.69) is 9.72 Å². The summed E-state index contributed by atoms with van der Waals surface area (Å²) < 4.78 is 9.65. The first-order valence-electron chi connectivity index (χ1n) is 5.91. The zero-order valence-corrected chi connectivity index (χ0v) is 10.9. The number of benzene rings is 1. The number of rotatable bonds is 4. The van der Waals surface area contributed by atoms with Crippen LogP contribution in [0.5, 0.6) is 5.88 Å². The molecule has 0 saturated heterocycles. The molecular formula is C15H15NO3. The van der Waals surface area contributed by atoms with E-state index >= 15 is 0 Å². The molecule has 1 heterocycles. The largest absolute Gasteiger partial charge is 0.481 e. The summed E-state index contributed by atoms with van der Waals surface area (Å²) in [6.07, 6.45) is 3.94. The molecular weight excluding hydrogens is 242 g/mol. The Morgan fingerprint density at radius 3 is 2.84 bits per heavy atom. The number of esters is 1. The van der Waals surface area contributed by atoms with E-state index < -0.39 is 0 Å². The monoisotopic (exact) mass is 257 g/mol. The molecule has 2 rings (SSSR count). The lowest BCUT2D eigenvalue weighted by atomic mass is 10.1. The van der Waals surface area contributed by atoms with Gasteiger partial charge in [-0.1, -0.05) is 18.2 Å². The molecule has 98 valence electrons. The van der Waals surface area contributed by atoms with Crippen molar-refractivity contribution in [3.63, 3.8) is 0 Å². The maximum atomic E-state index is 11.0. The van der Waals surface area contributed by atoms with Crippen molar-refractivity contribution in [3.05, 3.63) is 42.0 Å². The number of aromatic nitrogens is 1. The first kappa shape index (κ1) is 13.1. The fraction of sp³-hybridized carbons (Fsp3) is 0.200. The van der Waals surface area contributed by atoms with Gasteiger partial charge >= 0.3 is 5.97 Å². The molecule has 0 fully saturated rings. The Morgan fingerprint density at radius 2 is 2.11 bits per heavy atom. The van der Waals surface area contributed by atoms with Gasteiger partial charge in [-0.2, -0.15) is 0 Å². The summed E-state index contributed by atoms with van der Waals surface area (Å²) in [5, 5.41) is 1.03. The first-order chi connectivity index (χ1) is 9.22. The lowest BCUT2D eigenvalue weighted by molar-refractivity contribution is -0.139. The molecule has 1 aromatic heterocycles. The van der Waals surface area contributed by atoms with Crippen molar-refractivity contribution in [2.24, 2.45) is 0 Å². The predicted octanol–water partition coefficient (Wildman–Crippen LogP) is 2.82. The summed E-state index contributed by atoms with van der Waals surface area (Å²) in [5.74, 6) is 0.352. The quantitative estimate of drug-likeness (QED) is 0.790. The van der Waals surface area contributed by atoms with Gasteiger partial charge in [-0.15, -0.1) is 0 Å². The van der Waals surface area contributed by atoms with Gasteiger partial charge in [0.05, 0.1) is 26.2 Å². The van der Waals surface area contributed by atoms with Crippen LogP contribution in [-0.2, 0) is 9.53 Å². The molecule has 4 heteroatoms. The highest BCUT2D eigenvalue weighted by Gasteiger charge is 1.99. The molecule has 0 spiro atoms. The number of fused-ring (bicyclic) bond motifs is 1. The summed E-state index contributed by atoms with van der Waals surface area (Å²) in [6, 6.07) is 9.66. The lowest BCUT2D eigenvalue weighted by Gasteiger charge is -2.02. The van der Waals surface area contributed by atoms with Crippen LogP contribution < -0.4 is 4.74 Å². The van der Waals surface area contributed by atoms with E-state index in [0.29, 0.717) is 5.88 Å². The number of methoxy groups -OCH3 is 2. The average molecular weight is 257 g/mol. The Morgan fingerprint density at radius 1 is 1.26 bits per heavy atom. The van der Waals surface area contributed by atoms with Gasteiger partial charge in [-0.3, -0.25) is 4.79 Å². The maximum Gasteiger partial charge on any atom is 0.309 e. The van der Waals surface area contributed by atoms with Crippen molar-refractivity contribution in [2.45, 2.75) is 6.42 Å². The molecule has 1 aromatic carbocycles. The SMILES string of the molecule is COC(=O)CC=Cc1ccc2nc(OC)ccc2c1. The average Bonchev–Trinajstić information content (AvgIpc) is 2.46. The lowest BCUT2D eigenvalue weighted by Crippen LogP contribution is -1.96. The molecule has 2 aromatic rings. The van der Waals surface area contributed by atoms with E-state index in [9.17, 15) is 4.79 Å². The van der Waals surface area contributed by atoms with Crippen molar-refractivity contribution in [1.82, 2.24) is 4.98 Å². The van der Waals surface area contributed by atoms with Gasteiger partial charge in [0.25, 0.3) is 0 Å². The van der Waals surface area contributed by atoms with E-state index in [1.165, 1.54) is 7.11 Å². The van der Waals surface area contributed by atoms with Crippen LogP contribution in [0.4, 0.5) is 0 Å². The van der Waals surface area contributed by atoms with Gasteiger partial charge < -0.3 is 9.47 Å². The van der Waals surface area contributed by atoms with E-state index in [-0.39, 0.29) is 12.4 Å². The van der Waals surface area contributed by atoms with Crippen LogP contribution in [-0.4, -0.2) is 25.2 Å². The highest BCUT2D eigenvalue weighted by molar-refractivity contribution is 5.82. The summed E-state index contributed by atoms with van der Waals surface area (Å²) in [7, 11) is 2.98. The number of pyridine rings is 1. The van der Waals surface area contributed by atoms with Crippen molar-refractivity contribution in [3.8, 4) is 5.88 Å². The smallest absolute Gasteiger partial charge is 0.309 e. The van der Waals surface area contributed by atoms with Crippen LogP contribution in [0.2, 0.25) is 0 Å². The number of hydrogen-bond acceptors (Lipinski definition) is 4. The Hall–Kier alpha value is -2.36. The molecule has 0 radical (unpaired) electrons. The topological polar surface area (TPSA) is 48.4 Å². The van der Waals surface area contributed by atoms with Crippen LogP contribution in [0.1, 0.15) is 12.0 Å². The minimum atomic E-state index is -0.247. The van der Waals surface area contributed by atoms with Gasteiger partial charge in [0, 0.05) is 11.5 Å². The van der Waals surface area contributed by atoms with E-state index in [1.54, 1.807) is 13.2 Å². The molecule has 4 nitrogen and oxygen atoms in total. The number of nitrogens with zero attached hydrogens (tertiary/aromatic N) is 1. The third-order valence-electron chi connectivity index (χ3n) is 2.72. The van der Waals surface area contributed by atoms with Crippen LogP contribution in [0, 0.1) is 0 Å². The predicted molar refractivity (Wildman–Crippen MR) is 74.0 cm³/mol. The maximum absolute atomic E-state index is 11.0. The second kappa shape index (κ2) is 6.00. The number of ether oxygens (including phenoxy) is 2. The van der Waals surface area contributed by atoms with Gasteiger partial charge in [0.1, 0.15) is 0 Å². The number of carbonyl (C=O) groups is 1. The first-order valence-corrected chi connectivity index (χ1v) is 5.91. The molecule has 0 unspecified atom stereocenters. The molecule has 0 aliphatic carbocycles. The Labute approximate surface area is 111 Å². The van der Waals surface area contributed by atoms with Crippen molar-refractivity contribution in [1.29, 1.82) is 0 Å². The zero-order chi connectivity index (χ0) is 13.7. The highest BCUT2D eigenvalue weighted by Crippen LogP contribution is 2.18. The van der Waals surface area contributed by atoms with Gasteiger partial charge in [-0.05, 0) is 23.8 Å². The standard InChI is InChI=1S/C15H15NO3/c1-18-14-9-7-12-10-11(6-8-13(12)16-14)4-3-5-15(17)19-2/h3-4,6-10H,5H2,1-2H3. The minimum absolute atomic E-state index is 0.247. The molecule has 0 saturated carbocycles. The fourth-order valence-corrected chi connectivity index (χ4v) is 1.72. The second-order valence-corrected chi connectivity index (χ2v) is 3.99. The van der Waals surface area contributed by atoms with Crippen molar-refractivity contribution < 1.29 is 14.3 Å². The van der Waals surface area contributed by atoms with Crippen LogP contribution in [0.15, 0.2) is 36.4 Å².